The van der Waals surface area contributed by atoms with Crippen molar-refractivity contribution in [3.8, 4) is 11.3 Å². The summed E-state index contributed by atoms with van der Waals surface area (Å²) >= 11 is 0. The van der Waals surface area contributed by atoms with Gasteiger partial charge in [-0.3, -0.25) is 4.68 Å². The molecule has 1 N–H and O–H groups in total. The van der Waals surface area contributed by atoms with Crippen LogP contribution < -0.4 is 5.32 Å². The summed E-state index contributed by atoms with van der Waals surface area (Å²) in [5.74, 6) is 0. The molecular weight excluding hydrogens is 210 g/mol. The summed E-state index contributed by atoms with van der Waals surface area (Å²) in [5.41, 5.74) is 6.48. The summed E-state index contributed by atoms with van der Waals surface area (Å²) in [4.78, 5) is 0. The lowest BCUT2D eigenvalue weighted by molar-refractivity contribution is 0.593. The van der Waals surface area contributed by atoms with E-state index in [-0.39, 0.29) is 0 Å². The van der Waals surface area contributed by atoms with Crippen molar-refractivity contribution >= 4 is 0 Å². The largest absolute Gasteiger partial charge is 0.311 e. The zero-order valence-electron chi connectivity index (χ0n) is 10.3. The lowest BCUT2D eigenvalue weighted by Gasteiger charge is -2.14. The highest BCUT2D eigenvalue weighted by molar-refractivity contribution is 5.67. The zero-order valence-corrected chi connectivity index (χ0v) is 10.3. The minimum Gasteiger partial charge on any atom is -0.311 e. The second-order valence-electron chi connectivity index (χ2n) is 4.64. The van der Waals surface area contributed by atoms with Gasteiger partial charge in [0, 0.05) is 24.7 Å². The van der Waals surface area contributed by atoms with E-state index in [1.165, 1.54) is 28.1 Å². The van der Waals surface area contributed by atoms with Crippen molar-refractivity contribution in [2.45, 2.75) is 19.9 Å². The second-order valence-corrected chi connectivity index (χ2v) is 4.64. The fourth-order valence-electron chi connectivity index (χ4n) is 2.56. The quantitative estimate of drug-likeness (QED) is 0.808. The van der Waals surface area contributed by atoms with Crippen molar-refractivity contribution in [1.29, 1.82) is 0 Å². The van der Waals surface area contributed by atoms with Crippen LogP contribution in [0.25, 0.3) is 11.3 Å². The average molecular weight is 227 g/mol. The monoisotopic (exact) mass is 227 g/mol. The minimum atomic E-state index is 0.935. The van der Waals surface area contributed by atoms with Crippen molar-refractivity contribution in [1.82, 2.24) is 15.1 Å². The van der Waals surface area contributed by atoms with Crippen LogP contribution in [0.4, 0.5) is 0 Å². The molecule has 2 aromatic rings. The number of hydrogen-bond donors (Lipinski definition) is 1. The minimum absolute atomic E-state index is 0.935. The Morgan fingerprint density at radius 1 is 1.29 bits per heavy atom. The van der Waals surface area contributed by atoms with Gasteiger partial charge in [-0.15, -0.1) is 0 Å². The van der Waals surface area contributed by atoms with Crippen LogP contribution in [-0.4, -0.2) is 16.3 Å². The molecule has 2 heterocycles. The lowest BCUT2D eigenvalue weighted by atomic mass is 9.98. The molecule has 3 heteroatoms. The van der Waals surface area contributed by atoms with Crippen molar-refractivity contribution < 1.29 is 0 Å². The Labute approximate surface area is 101 Å². The Morgan fingerprint density at radius 2 is 2.12 bits per heavy atom. The predicted octanol–water partition coefficient (Wildman–Crippen LogP) is 2.04. The van der Waals surface area contributed by atoms with Crippen LogP contribution in [0.15, 0.2) is 24.3 Å². The third kappa shape index (κ3) is 1.67. The Balaban J connectivity index is 2.19. The molecule has 0 atom stereocenters. The van der Waals surface area contributed by atoms with Crippen LogP contribution in [0.3, 0.4) is 0 Å². The molecule has 0 saturated heterocycles. The summed E-state index contributed by atoms with van der Waals surface area (Å²) < 4.78 is 2.02. The van der Waals surface area contributed by atoms with Crippen LogP contribution in [0, 0.1) is 6.92 Å². The van der Waals surface area contributed by atoms with Crippen LogP contribution in [0.1, 0.15) is 16.8 Å². The smallest absolute Gasteiger partial charge is 0.0961 e. The Bertz CT molecular complexity index is 555. The number of rotatable bonds is 1. The lowest BCUT2D eigenvalue weighted by Crippen LogP contribution is -2.24. The topological polar surface area (TPSA) is 29.9 Å². The molecule has 0 radical (unpaired) electrons. The molecule has 1 aromatic carbocycles. The van der Waals surface area contributed by atoms with E-state index in [0.717, 1.165) is 19.5 Å². The van der Waals surface area contributed by atoms with Gasteiger partial charge < -0.3 is 5.32 Å². The van der Waals surface area contributed by atoms with Gasteiger partial charge in [0.15, 0.2) is 0 Å². The molecule has 0 amide bonds. The zero-order chi connectivity index (χ0) is 11.8. The first kappa shape index (κ1) is 10.5. The Kier molecular flexibility index (Phi) is 2.48. The highest BCUT2D eigenvalue weighted by Gasteiger charge is 2.20. The molecule has 0 aliphatic carbocycles. The summed E-state index contributed by atoms with van der Waals surface area (Å²) in [6.07, 6.45) is 1.08. The third-order valence-electron chi connectivity index (χ3n) is 3.52. The van der Waals surface area contributed by atoms with Crippen molar-refractivity contribution in [3.05, 3.63) is 41.1 Å². The summed E-state index contributed by atoms with van der Waals surface area (Å²) in [5, 5.41) is 8.10. The first-order valence-electron chi connectivity index (χ1n) is 6.09. The van der Waals surface area contributed by atoms with E-state index in [1.54, 1.807) is 0 Å². The predicted molar refractivity (Wildman–Crippen MR) is 68.8 cm³/mol. The van der Waals surface area contributed by atoms with Crippen LogP contribution >= 0.6 is 0 Å². The molecule has 1 aliphatic rings. The number of aromatic nitrogens is 2. The maximum Gasteiger partial charge on any atom is 0.0961 e. The second kappa shape index (κ2) is 4.00. The molecule has 3 rings (SSSR count). The van der Waals surface area contributed by atoms with Gasteiger partial charge in [0.2, 0.25) is 0 Å². The van der Waals surface area contributed by atoms with Gasteiger partial charge in [0.25, 0.3) is 0 Å². The highest BCUT2D eigenvalue weighted by Crippen LogP contribution is 2.29. The van der Waals surface area contributed by atoms with Gasteiger partial charge in [0.05, 0.1) is 11.4 Å². The number of hydrogen-bond acceptors (Lipinski definition) is 2. The molecule has 1 aromatic heterocycles. The van der Waals surface area contributed by atoms with Crippen LogP contribution in [-0.2, 0) is 20.0 Å². The summed E-state index contributed by atoms with van der Waals surface area (Å²) in [6, 6.07) is 8.48. The molecule has 1 aliphatic heterocycles. The molecule has 0 fully saturated rings. The SMILES string of the molecule is Cc1ccccc1-c1nn(C)c2c1CCNC2. The number of fused-ring (bicyclic) bond motifs is 1. The van der Waals surface area contributed by atoms with E-state index in [9.17, 15) is 0 Å². The highest BCUT2D eigenvalue weighted by atomic mass is 15.3. The molecule has 3 nitrogen and oxygen atoms in total. The first-order valence-corrected chi connectivity index (χ1v) is 6.09. The van der Waals surface area contributed by atoms with E-state index >= 15 is 0 Å². The van der Waals surface area contributed by atoms with E-state index < -0.39 is 0 Å². The number of nitrogens with zero attached hydrogens (tertiary/aromatic N) is 2. The molecular formula is C14H17N3. The maximum absolute atomic E-state index is 4.70. The number of benzene rings is 1. The Morgan fingerprint density at radius 3 is 2.94 bits per heavy atom. The fraction of sp³-hybridized carbons (Fsp3) is 0.357. The number of nitrogens with one attached hydrogen (secondary N) is 1. The van der Waals surface area contributed by atoms with Crippen LogP contribution in [0.2, 0.25) is 0 Å². The van der Waals surface area contributed by atoms with Crippen molar-refractivity contribution in [3.63, 3.8) is 0 Å². The van der Waals surface area contributed by atoms with Gasteiger partial charge in [0.1, 0.15) is 0 Å². The molecule has 17 heavy (non-hydrogen) atoms. The molecule has 0 unspecified atom stereocenters. The van der Waals surface area contributed by atoms with Crippen molar-refractivity contribution in [2.75, 3.05) is 6.54 Å². The van der Waals surface area contributed by atoms with Gasteiger partial charge in [-0.25, -0.2) is 0 Å². The van der Waals surface area contributed by atoms with E-state index in [4.69, 9.17) is 5.10 Å². The van der Waals surface area contributed by atoms with Gasteiger partial charge in [-0.05, 0) is 25.5 Å². The van der Waals surface area contributed by atoms with Gasteiger partial charge in [-0.1, -0.05) is 24.3 Å². The van der Waals surface area contributed by atoms with Crippen LogP contribution in [0.5, 0.6) is 0 Å². The number of aryl methyl sites for hydroxylation is 2. The summed E-state index contributed by atoms with van der Waals surface area (Å²) in [6.45, 7) is 4.14. The average Bonchev–Trinajstić information content (AvgIpc) is 2.68. The van der Waals surface area contributed by atoms with E-state index in [1.807, 2.05) is 11.7 Å². The van der Waals surface area contributed by atoms with E-state index in [0.29, 0.717) is 0 Å². The van der Waals surface area contributed by atoms with Gasteiger partial charge in [-0.2, -0.15) is 5.10 Å². The molecule has 0 saturated carbocycles. The molecule has 0 bridgehead atoms. The molecule has 88 valence electrons. The maximum atomic E-state index is 4.70. The molecule has 0 spiro atoms. The fourth-order valence-corrected chi connectivity index (χ4v) is 2.56. The normalized spacial score (nSPS) is 14.7. The Hall–Kier alpha value is -1.61. The first-order chi connectivity index (χ1) is 8.27. The van der Waals surface area contributed by atoms with Crippen molar-refractivity contribution in [2.24, 2.45) is 7.05 Å². The van der Waals surface area contributed by atoms with E-state index in [2.05, 4.69) is 36.5 Å². The third-order valence-corrected chi connectivity index (χ3v) is 3.52. The standard InChI is InChI=1S/C14H17N3/c1-10-5-3-4-6-11(10)14-12-7-8-15-9-13(12)17(2)16-14/h3-6,15H,7-9H2,1-2H3. The van der Waals surface area contributed by atoms with Gasteiger partial charge >= 0.3 is 0 Å². The summed E-state index contributed by atoms with van der Waals surface area (Å²) in [7, 11) is 2.04.